The Balaban J connectivity index is 2.22. The lowest BCUT2D eigenvalue weighted by atomic mass is 9.94. The summed E-state index contributed by atoms with van der Waals surface area (Å²) in [4.78, 5) is 28.8. The lowest BCUT2D eigenvalue weighted by molar-refractivity contribution is -0.140. The molecule has 8 heteroatoms. The van der Waals surface area contributed by atoms with E-state index in [1.165, 1.54) is 23.1 Å². The number of carbonyl (C=O) groups excluding carboxylic acids is 2. The summed E-state index contributed by atoms with van der Waals surface area (Å²) in [5.41, 5.74) is 1.44. The van der Waals surface area contributed by atoms with E-state index in [-0.39, 0.29) is 23.4 Å². The Morgan fingerprint density at radius 3 is 2.54 bits per heavy atom. The second-order valence-electron chi connectivity index (χ2n) is 7.13. The van der Waals surface area contributed by atoms with Gasteiger partial charge in [0, 0.05) is 24.3 Å². The van der Waals surface area contributed by atoms with Crippen LogP contribution in [0.1, 0.15) is 28.6 Å². The second kappa shape index (κ2) is 7.55. The monoisotopic (exact) mass is 386 g/mol. The largest absolute Gasteiger partial charge is 0.507 e. The van der Waals surface area contributed by atoms with Crippen molar-refractivity contribution < 1.29 is 19.1 Å². The Labute approximate surface area is 162 Å². The lowest BCUT2D eigenvalue weighted by Crippen LogP contribution is -2.35. The minimum Gasteiger partial charge on any atom is -0.507 e. The smallest absolute Gasteiger partial charge is 0.295 e. The molecule has 7 nitrogen and oxygen atoms in total. The summed E-state index contributed by atoms with van der Waals surface area (Å²) in [5.74, 6) is -2.47. The van der Waals surface area contributed by atoms with E-state index in [0.717, 1.165) is 0 Å². The summed E-state index contributed by atoms with van der Waals surface area (Å²) in [6.45, 7) is 4.09. The van der Waals surface area contributed by atoms with Crippen LogP contribution >= 0.6 is 0 Å². The van der Waals surface area contributed by atoms with Gasteiger partial charge in [0.2, 0.25) is 0 Å². The number of hydrogen-bond acceptors (Lipinski definition) is 5. The summed E-state index contributed by atoms with van der Waals surface area (Å²) in [7, 11) is 3.68. The van der Waals surface area contributed by atoms with Crippen LogP contribution in [0.4, 0.5) is 4.39 Å². The number of aromatic nitrogens is 2. The van der Waals surface area contributed by atoms with Crippen LogP contribution in [-0.4, -0.2) is 64.0 Å². The number of aryl methyl sites for hydroxylation is 2. The first-order valence-corrected chi connectivity index (χ1v) is 8.93. The minimum absolute atomic E-state index is 0.124. The van der Waals surface area contributed by atoms with E-state index >= 15 is 0 Å². The number of aromatic amines is 1. The number of nitrogens with one attached hydrogen (secondary N) is 1. The summed E-state index contributed by atoms with van der Waals surface area (Å²) >= 11 is 0. The van der Waals surface area contributed by atoms with E-state index in [1.807, 2.05) is 19.0 Å². The van der Waals surface area contributed by atoms with Crippen LogP contribution in [0, 0.1) is 19.7 Å². The molecule has 0 saturated carbocycles. The van der Waals surface area contributed by atoms with Gasteiger partial charge >= 0.3 is 0 Å². The maximum absolute atomic E-state index is 14.6. The first kappa shape index (κ1) is 19.8. The number of rotatable bonds is 5. The van der Waals surface area contributed by atoms with Gasteiger partial charge in [-0.05, 0) is 34.0 Å². The lowest BCUT2D eigenvalue weighted by Gasteiger charge is -2.26. The summed E-state index contributed by atoms with van der Waals surface area (Å²) in [6.07, 6.45) is 0. The molecule has 1 amide bonds. The molecule has 28 heavy (non-hydrogen) atoms. The summed E-state index contributed by atoms with van der Waals surface area (Å²) in [6, 6.07) is 4.97. The number of ketones is 1. The predicted molar refractivity (Wildman–Crippen MR) is 102 cm³/mol. The van der Waals surface area contributed by atoms with Crippen molar-refractivity contribution >= 4 is 17.4 Å². The highest BCUT2D eigenvalue weighted by Crippen LogP contribution is 2.40. The van der Waals surface area contributed by atoms with Gasteiger partial charge in [0.05, 0.1) is 22.9 Å². The quantitative estimate of drug-likeness (QED) is 0.467. The third kappa shape index (κ3) is 3.31. The molecule has 1 aromatic carbocycles. The third-order valence-electron chi connectivity index (χ3n) is 4.89. The van der Waals surface area contributed by atoms with E-state index < -0.39 is 23.5 Å². The normalized spacial score (nSPS) is 19.1. The van der Waals surface area contributed by atoms with Crippen molar-refractivity contribution in [2.45, 2.75) is 19.9 Å². The molecule has 2 aromatic rings. The molecule has 2 heterocycles. The fraction of sp³-hybridized carbons (Fsp3) is 0.350. The van der Waals surface area contributed by atoms with Crippen LogP contribution in [0.5, 0.6) is 0 Å². The van der Waals surface area contributed by atoms with E-state index in [0.29, 0.717) is 23.5 Å². The van der Waals surface area contributed by atoms with Crippen LogP contribution in [0.15, 0.2) is 29.8 Å². The van der Waals surface area contributed by atoms with Crippen molar-refractivity contribution in [3.63, 3.8) is 0 Å². The Morgan fingerprint density at radius 2 is 1.96 bits per heavy atom. The average molecular weight is 386 g/mol. The number of carbonyl (C=O) groups is 2. The molecular weight excluding hydrogens is 363 g/mol. The molecule has 0 unspecified atom stereocenters. The number of aliphatic hydroxyl groups is 1. The highest BCUT2D eigenvalue weighted by Gasteiger charge is 2.47. The van der Waals surface area contributed by atoms with Crippen molar-refractivity contribution in [3.8, 4) is 0 Å². The summed E-state index contributed by atoms with van der Waals surface area (Å²) in [5, 5.41) is 17.8. The fourth-order valence-corrected chi connectivity index (χ4v) is 3.47. The van der Waals surface area contributed by atoms with Gasteiger partial charge in [-0.15, -0.1) is 0 Å². The van der Waals surface area contributed by atoms with Gasteiger partial charge in [0.15, 0.2) is 0 Å². The van der Waals surface area contributed by atoms with Gasteiger partial charge in [-0.1, -0.05) is 18.2 Å². The Hall–Kier alpha value is -3.00. The molecule has 2 N–H and O–H groups in total. The first-order valence-electron chi connectivity index (χ1n) is 8.93. The van der Waals surface area contributed by atoms with Crippen molar-refractivity contribution in [3.05, 3.63) is 58.2 Å². The van der Waals surface area contributed by atoms with Gasteiger partial charge in [-0.25, -0.2) is 4.39 Å². The van der Waals surface area contributed by atoms with Crippen molar-refractivity contribution in [1.82, 2.24) is 20.0 Å². The van der Waals surface area contributed by atoms with E-state index in [1.54, 1.807) is 19.9 Å². The zero-order valence-corrected chi connectivity index (χ0v) is 16.3. The zero-order chi connectivity index (χ0) is 20.6. The SMILES string of the molecule is Cc1n[nH]c(C)c1C(O)=C1C(=O)C(=O)N(CCN(C)C)[C@H]1c1ccccc1F. The fourth-order valence-electron chi connectivity index (χ4n) is 3.47. The Bertz CT molecular complexity index is 945. The Morgan fingerprint density at radius 1 is 1.29 bits per heavy atom. The molecule has 0 aliphatic carbocycles. The molecular formula is C20H23FN4O3. The van der Waals surface area contributed by atoms with E-state index in [9.17, 15) is 19.1 Å². The molecule has 148 valence electrons. The van der Waals surface area contributed by atoms with Gasteiger partial charge in [-0.3, -0.25) is 14.7 Å². The highest BCUT2D eigenvalue weighted by molar-refractivity contribution is 6.46. The Kier molecular flexibility index (Phi) is 5.33. The van der Waals surface area contributed by atoms with Crippen LogP contribution in [0.25, 0.3) is 5.76 Å². The highest BCUT2D eigenvalue weighted by atomic mass is 19.1. The molecule has 1 fully saturated rings. The third-order valence-corrected chi connectivity index (χ3v) is 4.89. The van der Waals surface area contributed by atoms with Crippen LogP contribution in [0.3, 0.4) is 0 Å². The van der Waals surface area contributed by atoms with Crippen LogP contribution in [0.2, 0.25) is 0 Å². The number of halogens is 1. The maximum atomic E-state index is 14.6. The first-order chi connectivity index (χ1) is 13.2. The molecule has 3 rings (SSSR count). The standard InChI is InChI=1S/C20H23FN4O3/c1-11-15(12(2)23-22-11)18(26)16-17(13-7-5-6-8-14(13)21)25(10-9-24(3)4)20(28)19(16)27/h5-8,17,26H,9-10H2,1-4H3,(H,22,23)/t17-/m0/s1. The topological polar surface area (TPSA) is 89.5 Å². The van der Waals surface area contributed by atoms with Crippen LogP contribution < -0.4 is 0 Å². The molecule has 1 aliphatic rings. The number of aliphatic hydroxyl groups excluding tert-OH is 1. The number of benzene rings is 1. The van der Waals surface area contributed by atoms with E-state index in [2.05, 4.69) is 10.2 Å². The average Bonchev–Trinajstić information content (AvgIpc) is 3.10. The van der Waals surface area contributed by atoms with E-state index in [4.69, 9.17) is 0 Å². The van der Waals surface area contributed by atoms with Gasteiger partial charge in [0.25, 0.3) is 11.7 Å². The van der Waals surface area contributed by atoms with Crippen molar-refractivity contribution in [1.29, 1.82) is 0 Å². The molecule has 0 spiro atoms. The second-order valence-corrected chi connectivity index (χ2v) is 7.13. The maximum Gasteiger partial charge on any atom is 0.295 e. The number of likely N-dealkylation sites (N-methyl/N-ethyl adjacent to an activating group) is 1. The number of nitrogens with zero attached hydrogens (tertiary/aromatic N) is 3. The number of hydrogen-bond donors (Lipinski definition) is 2. The molecule has 1 aromatic heterocycles. The number of Topliss-reactive ketones (excluding diaryl/α,β-unsaturated/α-hetero) is 1. The van der Waals surface area contributed by atoms with Crippen molar-refractivity contribution in [2.75, 3.05) is 27.2 Å². The number of likely N-dealkylation sites (tertiary alicyclic amines) is 1. The summed E-state index contributed by atoms with van der Waals surface area (Å²) < 4.78 is 14.6. The predicted octanol–water partition coefficient (Wildman–Crippen LogP) is 2.15. The number of amides is 1. The minimum atomic E-state index is -1.00. The molecule has 0 radical (unpaired) electrons. The molecule has 1 aliphatic heterocycles. The zero-order valence-electron chi connectivity index (χ0n) is 16.3. The molecule has 0 bridgehead atoms. The number of H-pyrrole nitrogens is 1. The van der Waals surface area contributed by atoms with Gasteiger partial charge < -0.3 is 14.9 Å². The molecule has 1 saturated heterocycles. The molecule has 1 atom stereocenters. The van der Waals surface area contributed by atoms with Gasteiger partial charge in [0.1, 0.15) is 11.6 Å². The van der Waals surface area contributed by atoms with Gasteiger partial charge in [-0.2, -0.15) is 5.10 Å². The van der Waals surface area contributed by atoms with Crippen molar-refractivity contribution in [2.24, 2.45) is 0 Å². The van der Waals surface area contributed by atoms with Crippen LogP contribution in [-0.2, 0) is 9.59 Å².